The van der Waals surface area contributed by atoms with Gasteiger partial charge in [-0.15, -0.1) is 11.3 Å². The molecule has 2 aromatic rings. The first-order chi connectivity index (χ1) is 11.1. The third kappa shape index (κ3) is 3.48. The maximum Gasteiger partial charge on any atom is 0.264 e. The summed E-state index contributed by atoms with van der Waals surface area (Å²) in [6, 6.07) is 9.03. The average molecular weight is 393 g/mol. The lowest BCUT2D eigenvalue weighted by molar-refractivity contribution is -0.119. The topological polar surface area (TPSA) is 49.4 Å². The summed E-state index contributed by atoms with van der Waals surface area (Å²) in [6.45, 7) is 2.62. The van der Waals surface area contributed by atoms with Crippen LogP contribution in [-0.4, -0.2) is 29.3 Å². The third-order valence-electron chi connectivity index (χ3n) is 3.93. The molecule has 1 N–H and O–H groups in total. The number of anilines is 1. The number of benzene rings is 1. The molecule has 1 atom stereocenters. The van der Waals surface area contributed by atoms with Crippen molar-refractivity contribution in [1.29, 1.82) is 0 Å². The van der Waals surface area contributed by atoms with E-state index in [0.717, 1.165) is 22.1 Å². The number of likely N-dealkylation sites (tertiary alicyclic amines) is 1. The lowest BCUT2D eigenvalue weighted by Gasteiger charge is -2.23. The molecule has 2 heterocycles. The summed E-state index contributed by atoms with van der Waals surface area (Å²) < 4.78 is 0.847. The quantitative estimate of drug-likeness (QED) is 0.855. The zero-order valence-corrected chi connectivity index (χ0v) is 15.1. The summed E-state index contributed by atoms with van der Waals surface area (Å²) in [6.07, 6.45) is 1.55. The zero-order chi connectivity index (χ0) is 16.4. The summed E-state index contributed by atoms with van der Waals surface area (Å²) in [4.78, 5) is 27.5. The number of thiophene rings is 1. The molecule has 0 spiro atoms. The lowest BCUT2D eigenvalue weighted by atomic mass is 10.2. The Morgan fingerprint density at radius 1 is 1.35 bits per heavy atom. The molecule has 0 bridgehead atoms. The first-order valence-electron chi connectivity index (χ1n) is 7.48. The van der Waals surface area contributed by atoms with Crippen molar-refractivity contribution in [3.63, 3.8) is 0 Å². The number of hydrogen-bond donors (Lipinski definition) is 1. The Balaban J connectivity index is 1.74. The van der Waals surface area contributed by atoms with E-state index in [1.165, 1.54) is 11.3 Å². The van der Waals surface area contributed by atoms with Crippen LogP contribution < -0.4 is 5.32 Å². The molecule has 0 unspecified atom stereocenters. The van der Waals surface area contributed by atoms with Crippen LogP contribution in [0, 0.1) is 6.92 Å². The molecule has 1 saturated heterocycles. The van der Waals surface area contributed by atoms with E-state index in [1.807, 2.05) is 36.6 Å². The second-order valence-corrected chi connectivity index (χ2v) is 7.41. The number of nitrogens with zero attached hydrogens (tertiary/aromatic N) is 1. The summed E-state index contributed by atoms with van der Waals surface area (Å²) in [5.74, 6) is -0.183. The van der Waals surface area contributed by atoms with Gasteiger partial charge in [0.25, 0.3) is 5.91 Å². The van der Waals surface area contributed by atoms with E-state index < -0.39 is 6.04 Å². The van der Waals surface area contributed by atoms with Crippen molar-refractivity contribution in [3.8, 4) is 0 Å². The Hall–Kier alpha value is -1.66. The number of rotatable bonds is 3. The molecular formula is C17H17BrN2O2S. The fourth-order valence-corrected chi connectivity index (χ4v) is 4.03. The predicted octanol–water partition coefficient (Wildman–Crippen LogP) is 4.06. The third-order valence-corrected chi connectivity index (χ3v) is 5.44. The molecule has 1 aromatic heterocycles. The van der Waals surface area contributed by atoms with Crippen molar-refractivity contribution in [3.05, 3.63) is 50.6 Å². The molecule has 1 aromatic carbocycles. The molecule has 4 nitrogen and oxygen atoms in total. The second-order valence-electron chi connectivity index (χ2n) is 5.61. The molecule has 0 radical (unpaired) electrons. The van der Waals surface area contributed by atoms with E-state index in [2.05, 4.69) is 21.2 Å². The Bertz CT molecular complexity index is 730. The van der Waals surface area contributed by atoms with Gasteiger partial charge in [0.2, 0.25) is 5.91 Å². The Morgan fingerprint density at radius 2 is 2.17 bits per heavy atom. The van der Waals surface area contributed by atoms with Gasteiger partial charge >= 0.3 is 0 Å². The van der Waals surface area contributed by atoms with E-state index in [9.17, 15) is 9.59 Å². The monoisotopic (exact) mass is 392 g/mol. The highest BCUT2D eigenvalue weighted by molar-refractivity contribution is 9.10. The minimum atomic E-state index is -0.405. The van der Waals surface area contributed by atoms with Crippen LogP contribution in [0.15, 0.2) is 40.2 Å². The largest absolute Gasteiger partial charge is 0.326 e. The van der Waals surface area contributed by atoms with Gasteiger partial charge in [-0.05, 0) is 64.8 Å². The maximum absolute atomic E-state index is 12.6. The number of carbonyl (C=O) groups excluding carboxylic acids is 2. The van der Waals surface area contributed by atoms with Gasteiger partial charge in [-0.3, -0.25) is 9.59 Å². The number of hydrogen-bond acceptors (Lipinski definition) is 3. The van der Waals surface area contributed by atoms with Crippen LogP contribution in [-0.2, 0) is 4.79 Å². The highest BCUT2D eigenvalue weighted by Crippen LogP contribution is 2.26. The normalized spacial score (nSPS) is 17.3. The van der Waals surface area contributed by atoms with E-state index >= 15 is 0 Å². The maximum atomic E-state index is 12.6. The van der Waals surface area contributed by atoms with Crippen LogP contribution in [0.2, 0.25) is 0 Å². The summed E-state index contributed by atoms with van der Waals surface area (Å²) in [7, 11) is 0. The minimum Gasteiger partial charge on any atom is -0.326 e. The number of nitrogens with one attached hydrogen (secondary N) is 1. The van der Waals surface area contributed by atoms with Gasteiger partial charge in [0, 0.05) is 11.0 Å². The molecule has 1 aliphatic heterocycles. The van der Waals surface area contributed by atoms with Crippen LogP contribution in [0.1, 0.15) is 28.1 Å². The van der Waals surface area contributed by atoms with Gasteiger partial charge in [0.05, 0.1) is 10.6 Å². The van der Waals surface area contributed by atoms with Gasteiger partial charge in [-0.1, -0.05) is 12.1 Å². The molecule has 3 rings (SSSR count). The van der Waals surface area contributed by atoms with Gasteiger partial charge in [0.15, 0.2) is 0 Å². The van der Waals surface area contributed by atoms with Crippen molar-refractivity contribution in [1.82, 2.24) is 4.90 Å². The minimum absolute atomic E-state index is 0.0550. The first kappa shape index (κ1) is 16.2. The van der Waals surface area contributed by atoms with E-state index in [1.54, 1.807) is 11.0 Å². The average Bonchev–Trinajstić information content (AvgIpc) is 3.20. The van der Waals surface area contributed by atoms with Crippen molar-refractivity contribution in [2.45, 2.75) is 25.8 Å². The Morgan fingerprint density at radius 3 is 2.87 bits per heavy atom. The fraction of sp³-hybridized carbons (Fsp3) is 0.294. The first-order valence-corrected chi connectivity index (χ1v) is 9.15. The highest BCUT2D eigenvalue weighted by atomic mass is 79.9. The van der Waals surface area contributed by atoms with Crippen LogP contribution in [0.25, 0.3) is 0 Å². The number of halogens is 1. The summed E-state index contributed by atoms with van der Waals surface area (Å²) in [5, 5.41) is 4.81. The van der Waals surface area contributed by atoms with Gasteiger partial charge in [-0.2, -0.15) is 0 Å². The van der Waals surface area contributed by atoms with Crippen LogP contribution in [0.3, 0.4) is 0 Å². The molecule has 0 aliphatic carbocycles. The zero-order valence-electron chi connectivity index (χ0n) is 12.7. The SMILES string of the molecule is Cc1ccc(NC(=O)[C@@H]2CCCN2C(=O)c2cccs2)c(Br)c1. The fourth-order valence-electron chi connectivity index (χ4n) is 2.76. The molecule has 23 heavy (non-hydrogen) atoms. The molecule has 6 heteroatoms. The standard InChI is InChI=1S/C17H17BrN2O2S/c1-11-6-7-13(12(18)10-11)19-16(21)14-4-2-8-20(14)17(22)15-5-3-9-23-15/h3,5-7,9-10,14H,2,4,8H2,1H3,(H,19,21)/t14-/m0/s1. The molecule has 120 valence electrons. The van der Waals surface area contributed by atoms with Crippen molar-refractivity contribution < 1.29 is 9.59 Å². The smallest absolute Gasteiger partial charge is 0.264 e. The Kier molecular flexibility index (Phi) is 4.82. The molecule has 2 amide bonds. The van der Waals surface area contributed by atoms with E-state index in [4.69, 9.17) is 0 Å². The summed E-state index contributed by atoms with van der Waals surface area (Å²) in [5.41, 5.74) is 1.85. The van der Waals surface area contributed by atoms with Crippen molar-refractivity contribution >= 4 is 44.8 Å². The van der Waals surface area contributed by atoms with Crippen molar-refractivity contribution in [2.24, 2.45) is 0 Å². The summed E-state index contributed by atoms with van der Waals surface area (Å²) >= 11 is 4.88. The van der Waals surface area contributed by atoms with E-state index in [-0.39, 0.29) is 11.8 Å². The molecule has 0 saturated carbocycles. The van der Waals surface area contributed by atoms with E-state index in [0.29, 0.717) is 17.8 Å². The van der Waals surface area contributed by atoms with Crippen LogP contribution in [0.4, 0.5) is 5.69 Å². The highest BCUT2D eigenvalue weighted by Gasteiger charge is 2.35. The van der Waals surface area contributed by atoms with Gasteiger partial charge in [-0.25, -0.2) is 0 Å². The second kappa shape index (κ2) is 6.84. The number of amides is 2. The predicted molar refractivity (Wildman–Crippen MR) is 95.9 cm³/mol. The molecule has 1 fully saturated rings. The van der Waals surface area contributed by atoms with Gasteiger partial charge in [0.1, 0.15) is 6.04 Å². The number of aryl methyl sites for hydroxylation is 1. The van der Waals surface area contributed by atoms with Crippen LogP contribution >= 0.6 is 27.3 Å². The lowest BCUT2D eigenvalue weighted by Crippen LogP contribution is -2.43. The van der Waals surface area contributed by atoms with Crippen LogP contribution in [0.5, 0.6) is 0 Å². The molecule has 1 aliphatic rings. The van der Waals surface area contributed by atoms with Crippen molar-refractivity contribution in [2.75, 3.05) is 11.9 Å². The number of carbonyl (C=O) groups is 2. The Labute approximate surface area is 147 Å². The van der Waals surface area contributed by atoms with Gasteiger partial charge < -0.3 is 10.2 Å². The molecular weight excluding hydrogens is 376 g/mol.